The molecule has 0 saturated carbocycles. The predicted octanol–water partition coefficient (Wildman–Crippen LogP) is 1.20. The highest BCUT2D eigenvalue weighted by molar-refractivity contribution is 5.76. The van der Waals surface area contributed by atoms with Gasteiger partial charge in [0.15, 0.2) is 0 Å². The zero-order chi connectivity index (χ0) is 10.5. The Kier molecular flexibility index (Phi) is 4.76. The largest absolute Gasteiger partial charge is 0.401 e. The zero-order valence-corrected chi connectivity index (χ0v) is 7.49. The minimum Gasteiger partial charge on any atom is -0.388 e. The monoisotopic (exact) mass is 197 g/mol. The van der Waals surface area contributed by atoms with Crippen molar-refractivity contribution in [3.63, 3.8) is 0 Å². The summed E-state index contributed by atoms with van der Waals surface area (Å²) in [5.74, 6) is -0.0828. The molecule has 0 fully saturated rings. The number of nitrogens with zero attached hydrogens (tertiary/aromatic N) is 1. The summed E-state index contributed by atoms with van der Waals surface area (Å²) in [5, 5.41) is 6.86. The van der Waals surface area contributed by atoms with Crippen LogP contribution in [0.15, 0.2) is 0 Å². The fourth-order valence-corrected chi connectivity index (χ4v) is 0.881. The first kappa shape index (κ1) is 12.2. The van der Waals surface area contributed by atoms with E-state index in [4.69, 9.17) is 11.1 Å². The highest BCUT2D eigenvalue weighted by atomic mass is 19.4. The van der Waals surface area contributed by atoms with Crippen molar-refractivity contribution in [3.8, 4) is 0 Å². The van der Waals surface area contributed by atoms with Crippen LogP contribution in [-0.2, 0) is 0 Å². The van der Waals surface area contributed by atoms with Gasteiger partial charge in [-0.05, 0) is 6.54 Å². The van der Waals surface area contributed by atoms with E-state index >= 15 is 0 Å². The van der Waals surface area contributed by atoms with Gasteiger partial charge in [0.2, 0.25) is 0 Å². The van der Waals surface area contributed by atoms with Crippen LogP contribution >= 0.6 is 0 Å². The van der Waals surface area contributed by atoms with Gasteiger partial charge in [0.25, 0.3) is 0 Å². The number of nitrogens with one attached hydrogen (secondary N) is 1. The van der Waals surface area contributed by atoms with Crippen molar-refractivity contribution in [3.05, 3.63) is 0 Å². The van der Waals surface area contributed by atoms with Gasteiger partial charge in [0.1, 0.15) is 0 Å². The molecule has 0 spiro atoms. The number of hydrogen-bond acceptors (Lipinski definition) is 2. The molecular weight excluding hydrogens is 183 g/mol. The van der Waals surface area contributed by atoms with Crippen molar-refractivity contribution in [1.82, 2.24) is 4.90 Å². The lowest BCUT2D eigenvalue weighted by Gasteiger charge is -2.21. The summed E-state index contributed by atoms with van der Waals surface area (Å²) in [6, 6.07) is 0. The Hall–Kier alpha value is -0.780. The van der Waals surface area contributed by atoms with Crippen molar-refractivity contribution < 1.29 is 13.2 Å². The normalized spacial score (nSPS) is 12.1. The summed E-state index contributed by atoms with van der Waals surface area (Å²) in [4.78, 5) is 1.21. The van der Waals surface area contributed by atoms with Gasteiger partial charge in [-0.1, -0.05) is 6.92 Å². The molecule has 3 N–H and O–H groups in total. The molecule has 0 unspecified atom stereocenters. The van der Waals surface area contributed by atoms with E-state index in [1.165, 1.54) is 4.90 Å². The van der Waals surface area contributed by atoms with Gasteiger partial charge in [-0.15, -0.1) is 0 Å². The maximum atomic E-state index is 11.9. The molecule has 0 amide bonds. The summed E-state index contributed by atoms with van der Waals surface area (Å²) < 4.78 is 35.7. The van der Waals surface area contributed by atoms with Gasteiger partial charge in [-0.3, -0.25) is 10.3 Å². The molecule has 0 aromatic heterocycles. The topological polar surface area (TPSA) is 53.1 Å². The molecule has 78 valence electrons. The third-order valence-corrected chi connectivity index (χ3v) is 1.55. The quantitative estimate of drug-likeness (QED) is 0.514. The molecule has 0 atom stereocenters. The van der Waals surface area contributed by atoms with Crippen LogP contribution in [0.5, 0.6) is 0 Å². The summed E-state index contributed by atoms with van der Waals surface area (Å²) in [6.07, 6.45) is -3.99. The van der Waals surface area contributed by atoms with Crippen molar-refractivity contribution in [2.24, 2.45) is 5.73 Å². The van der Waals surface area contributed by atoms with E-state index < -0.39 is 12.7 Å². The van der Waals surface area contributed by atoms with E-state index in [0.717, 1.165) is 0 Å². The second-order valence-corrected chi connectivity index (χ2v) is 2.76. The molecule has 0 heterocycles. The fraction of sp³-hybridized carbons (Fsp3) is 0.857. The van der Waals surface area contributed by atoms with Gasteiger partial charge in [0.05, 0.1) is 12.4 Å². The smallest absolute Gasteiger partial charge is 0.388 e. The molecule has 6 heteroatoms. The molecular formula is C7H14F3N3. The van der Waals surface area contributed by atoms with Gasteiger partial charge in [0, 0.05) is 13.0 Å². The average molecular weight is 197 g/mol. The van der Waals surface area contributed by atoms with E-state index in [1.54, 1.807) is 6.92 Å². The summed E-state index contributed by atoms with van der Waals surface area (Å²) in [5.41, 5.74) is 5.03. The van der Waals surface area contributed by atoms with Crippen molar-refractivity contribution in [2.75, 3.05) is 19.6 Å². The van der Waals surface area contributed by atoms with Crippen LogP contribution in [0.3, 0.4) is 0 Å². The van der Waals surface area contributed by atoms with Gasteiger partial charge in [-0.2, -0.15) is 13.2 Å². The molecule has 13 heavy (non-hydrogen) atoms. The highest BCUT2D eigenvalue weighted by Crippen LogP contribution is 2.16. The van der Waals surface area contributed by atoms with E-state index in [0.29, 0.717) is 6.54 Å². The Morgan fingerprint density at radius 3 is 2.31 bits per heavy atom. The first-order valence-corrected chi connectivity index (χ1v) is 3.97. The fourth-order valence-electron chi connectivity index (χ4n) is 0.881. The van der Waals surface area contributed by atoms with Crippen LogP contribution in [-0.4, -0.2) is 36.5 Å². The number of nitrogens with two attached hydrogens (primary N) is 1. The Balaban J connectivity index is 3.83. The van der Waals surface area contributed by atoms with Gasteiger partial charge in [-0.25, -0.2) is 0 Å². The van der Waals surface area contributed by atoms with Crippen LogP contribution < -0.4 is 5.73 Å². The third kappa shape index (κ3) is 7.58. The number of rotatable bonds is 5. The molecule has 0 aliphatic rings. The Morgan fingerprint density at radius 2 is 2.00 bits per heavy atom. The minimum atomic E-state index is -4.17. The average Bonchev–Trinajstić information content (AvgIpc) is 1.95. The SMILES string of the molecule is CCN(CCC(=N)N)CC(F)(F)F. The van der Waals surface area contributed by atoms with E-state index in [1.807, 2.05) is 0 Å². The number of amidine groups is 1. The van der Waals surface area contributed by atoms with Crippen LogP contribution in [0.2, 0.25) is 0 Å². The van der Waals surface area contributed by atoms with E-state index in [9.17, 15) is 13.2 Å². The van der Waals surface area contributed by atoms with Crippen LogP contribution in [0, 0.1) is 5.41 Å². The van der Waals surface area contributed by atoms with Crippen LogP contribution in [0.25, 0.3) is 0 Å². The Labute approximate surface area is 75.2 Å². The number of hydrogen-bond donors (Lipinski definition) is 2. The van der Waals surface area contributed by atoms with Gasteiger partial charge >= 0.3 is 6.18 Å². The molecule has 0 aromatic carbocycles. The first-order chi connectivity index (χ1) is 5.85. The molecule has 3 nitrogen and oxygen atoms in total. The summed E-state index contributed by atoms with van der Waals surface area (Å²) in [6.45, 7) is 1.21. The molecule has 0 radical (unpaired) electrons. The van der Waals surface area contributed by atoms with Crippen molar-refractivity contribution in [1.29, 1.82) is 5.41 Å². The lowest BCUT2D eigenvalue weighted by molar-refractivity contribution is -0.145. The standard InChI is InChI=1S/C7H14F3N3/c1-2-13(4-3-6(11)12)5-7(8,9)10/h2-5H2,1H3,(H3,11,12). The maximum Gasteiger partial charge on any atom is 0.401 e. The number of halogens is 3. The second-order valence-electron chi connectivity index (χ2n) is 2.76. The zero-order valence-electron chi connectivity index (χ0n) is 7.49. The lowest BCUT2D eigenvalue weighted by atomic mass is 10.3. The first-order valence-electron chi connectivity index (χ1n) is 3.97. The van der Waals surface area contributed by atoms with Gasteiger partial charge < -0.3 is 5.73 Å². The highest BCUT2D eigenvalue weighted by Gasteiger charge is 2.29. The molecule has 0 aliphatic heterocycles. The molecule has 0 rings (SSSR count). The molecule has 0 aromatic rings. The minimum absolute atomic E-state index is 0.0828. The Morgan fingerprint density at radius 1 is 1.46 bits per heavy atom. The summed E-state index contributed by atoms with van der Waals surface area (Å²) >= 11 is 0. The third-order valence-electron chi connectivity index (χ3n) is 1.55. The molecule has 0 saturated heterocycles. The number of alkyl halides is 3. The molecule has 0 aliphatic carbocycles. The summed E-state index contributed by atoms with van der Waals surface area (Å²) in [7, 11) is 0. The second kappa shape index (κ2) is 5.06. The van der Waals surface area contributed by atoms with Crippen molar-refractivity contribution >= 4 is 5.84 Å². The Bertz CT molecular complexity index is 167. The van der Waals surface area contributed by atoms with Crippen molar-refractivity contribution in [2.45, 2.75) is 19.5 Å². The van der Waals surface area contributed by atoms with E-state index in [2.05, 4.69) is 0 Å². The maximum absolute atomic E-state index is 11.9. The molecule has 0 bridgehead atoms. The lowest BCUT2D eigenvalue weighted by Crippen LogP contribution is -2.36. The van der Waals surface area contributed by atoms with Crippen LogP contribution in [0.4, 0.5) is 13.2 Å². The van der Waals surface area contributed by atoms with Crippen LogP contribution in [0.1, 0.15) is 13.3 Å². The van der Waals surface area contributed by atoms with E-state index in [-0.39, 0.29) is 18.8 Å². The predicted molar refractivity (Wildman–Crippen MR) is 44.7 cm³/mol.